The van der Waals surface area contributed by atoms with E-state index >= 15 is 0 Å². The van der Waals surface area contributed by atoms with Gasteiger partial charge in [-0.1, -0.05) is 0 Å². The monoisotopic (exact) mass is 312 g/mol. The van der Waals surface area contributed by atoms with E-state index in [-0.39, 0.29) is 24.7 Å². The maximum absolute atomic E-state index is 14.1. The van der Waals surface area contributed by atoms with Gasteiger partial charge >= 0.3 is 0 Å². The summed E-state index contributed by atoms with van der Waals surface area (Å²) in [7, 11) is 0. The number of amides is 1. The van der Waals surface area contributed by atoms with Crippen molar-refractivity contribution in [2.75, 3.05) is 26.2 Å². The van der Waals surface area contributed by atoms with Gasteiger partial charge in [0.25, 0.3) is 11.8 Å². The van der Waals surface area contributed by atoms with Crippen LogP contribution in [0.3, 0.4) is 0 Å². The van der Waals surface area contributed by atoms with E-state index in [0.717, 1.165) is 30.8 Å². The molecule has 2 aliphatic heterocycles. The molecule has 3 rings (SSSR count). The number of hydrogen-bond donors (Lipinski definition) is 1. The zero-order valence-corrected chi connectivity index (χ0v) is 12.2. The molecule has 3 nitrogen and oxygen atoms in total. The minimum atomic E-state index is -2.81. The Morgan fingerprint density at radius 2 is 2.00 bits per heavy atom. The van der Waals surface area contributed by atoms with E-state index in [2.05, 4.69) is 5.32 Å². The molecule has 2 aliphatic rings. The molecule has 0 unspecified atom stereocenters. The van der Waals surface area contributed by atoms with Crippen molar-refractivity contribution in [1.29, 1.82) is 0 Å². The molecule has 1 amide bonds. The van der Waals surface area contributed by atoms with Crippen molar-refractivity contribution < 1.29 is 18.0 Å². The van der Waals surface area contributed by atoms with Crippen LogP contribution >= 0.6 is 0 Å². The van der Waals surface area contributed by atoms with Gasteiger partial charge in [0.1, 0.15) is 5.82 Å². The fourth-order valence-corrected chi connectivity index (χ4v) is 3.21. The summed E-state index contributed by atoms with van der Waals surface area (Å²) in [5, 5.41) is 3.21. The number of rotatable bonds is 2. The van der Waals surface area contributed by atoms with Crippen molar-refractivity contribution in [2.24, 2.45) is 0 Å². The first-order valence-corrected chi connectivity index (χ1v) is 7.63. The molecule has 0 atom stereocenters. The van der Waals surface area contributed by atoms with E-state index in [4.69, 9.17) is 0 Å². The Morgan fingerprint density at radius 3 is 2.64 bits per heavy atom. The predicted molar refractivity (Wildman–Crippen MR) is 76.7 cm³/mol. The summed E-state index contributed by atoms with van der Waals surface area (Å²) in [4.78, 5) is 13.5. The van der Waals surface area contributed by atoms with Crippen molar-refractivity contribution in [3.05, 3.63) is 35.1 Å². The van der Waals surface area contributed by atoms with Gasteiger partial charge in [-0.05, 0) is 55.6 Å². The van der Waals surface area contributed by atoms with Gasteiger partial charge < -0.3 is 10.2 Å². The topological polar surface area (TPSA) is 32.3 Å². The molecule has 2 heterocycles. The second-order valence-corrected chi connectivity index (χ2v) is 6.09. The molecule has 0 spiro atoms. The smallest absolute Gasteiger partial charge is 0.267 e. The van der Waals surface area contributed by atoms with Crippen LogP contribution in [-0.2, 0) is 0 Å². The Morgan fingerprint density at radius 1 is 1.27 bits per heavy atom. The summed E-state index contributed by atoms with van der Waals surface area (Å²) in [6, 6.07) is 4.21. The number of nitrogens with zero attached hydrogens (tertiary/aromatic N) is 1. The largest absolute Gasteiger partial charge is 0.332 e. The zero-order chi connectivity index (χ0) is 15.7. The lowest BCUT2D eigenvalue weighted by Gasteiger charge is -2.24. The highest BCUT2D eigenvalue weighted by atomic mass is 19.3. The summed E-state index contributed by atoms with van der Waals surface area (Å²) < 4.78 is 40.5. The van der Waals surface area contributed by atoms with Crippen molar-refractivity contribution in [3.63, 3.8) is 0 Å². The lowest BCUT2D eigenvalue weighted by atomic mass is 9.89. The predicted octanol–water partition coefficient (Wildman–Crippen LogP) is 2.77. The molecule has 0 aliphatic carbocycles. The summed E-state index contributed by atoms with van der Waals surface area (Å²) in [5.74, 6) is -3.50. The summed E-state index contributed by atoms with van der Waals surface area (Å²) in [6.07, 6.45) is 1.33. The van der Waals surface area contributed by atoms with Crippen LogP contribution in [0.25, 0.3) is 0 Å². The Bertz CT molecular complexity index is 571. The number of benzene rings is 1. The van der Waals surface area contributed by atoms with E-state index in [0.29, 0.717) is 11.1 Å². The van der Waals surface area contributed by atoms with Crippen LogP contribution in [0.2, 0.25) is 0 Å². The van der Waals surface area contributed by atoms with E-state index in [1.165, 1.54) is 12.1 Å². The highest BCUT2D eigenvalue weighted by Crippen LogP contribution is 2.31. The van der Waals surface area contributed by atoms with Crippen LogP contribution in [0, 0.1) is 5.82 Å². The molecule has 1 N–H and O–H groups in total. The zero-order valence-electron chi connectivity index (χ0n) is 12.2. The van der Waals surface area contributed by atoms with Crippen LogP contribution in [0.4, 0.5) is 13.2 Å². The fourth-order valence-electron chi connectivity index (χ4n) is 3.21. The van der Waals surface area contributed by atoms with E-state index in [9.17, 15) is 18.0 Å². The van der Waals surface area contributed by atoms with Gasteiger partial charge in [0.2, 0.25) is 0 Å². The summed E-state index contributed by atoms with van der Waals surface area (Å²) in [6.45, 7) is 1.14. The number of nitrogens with one attached hydrogen (secondary N) is 1. The number of piperidine rings is 1. The third kappa shape index (κ3) is 3.11. The fraction of sp³-hybridized carbons (Fsp3) is 0.562. The standard InChI is InChI=1S/C16H19F3N2O/c17-14-2-1-12(9-13(14)11-3-6-20-7-4-11)15(22)21-8-5-16(18,19)10-21/h1-2,9,11,20H,3-8,10H2. The first kappa shape index (κ1) is 15.3. The second-order valence-electron chi connectivity index (χ2n) is 6.09. The van der Waals surface area contributed by atoms with E-state index < -0.39 is 18.4 Å². The van der Waals surface area contributed by atoms with Crippen LogP contribution in [-0.4, -0.2) is 42.9 Å². The average Bonchev–Trinajstić information content (AvgIpc) is 2.88. The van der Waals surface area contributed by atoms with Crippen molar-refractivity contribution >= 4 is 5.91 Å². The summed E-state index contributed by atoms with van der Waals surface area (Å²) >= 11 is 0. The molecular weight excluding hydrogens is 293 g/mol. The van der Waals surface area contributed by atoms with Gasteiger partial charge in [-0.25, -0.2) is 13.2 Å². The Kier molecular flexibility index (Phi) is 4.12. The van der Waals surface area contributed by atoms with Gasteiger partial charge in [-0.3, -0.25) is 4.79 Å². The molecule has 0 bridgehead atoms. The molecule has 120 valence electrons. The number of carbonyl (C=O) groups excluding carboxylic acids is 1. The van der Waals surface area contributed by atoms with Crippen LogP contribution in [0.1, 0.15) is 41.1 Å². The van der Waals surface area contributed by atoms with Gasteiger partial charge in [0.05, 0.1) is 6.54 Å². The van der Waals surface area contributed by atoms with Gasteiger partial charge in [0, 0.05) is 18.5 Å². The SMILES string of the molecule is O=C(c1ccc(F)c(C2CCNCC2)c1)N1CCC(F)(F)C1. The quantitative estimate of drug-likeness (QED) is 0.911. The number of halogens is 3. The maximum Gasteiger partial charge on any atom is 0.267 e. The maximum atomic E-state index is 14.1. The number of carbonyl (C=O) groups is 1. The summed E-state index contributed by atoms with van der Waals surface area (Å²) in [5.41, 5.74) is 0.825. The third-order valence-electron chi connectivity index (χ3n) is 4.48. The molecular formula is C16H19F3N2O. The molecule has 0 radical (unpaired) electrons. The Labute approximate surface area is 127 Å². The van der Waals surface area contributed by atoms with Crippen molar-refractivity contribution in [2.45, 2.75) is 31.1 Å². The van der Waals surface area contributed by atoms with Crippen molar-refractivity contribution in [3.8, 4) is 0 Å². The molecule has 22 heavy (non-hydrogen) atoms. The van der Waals surface area contributed by atoms with Gasteiger partial charge in [0.15, 0.2) is 0 Å². The Hall–Kier alpha value is -1.56. The van der Waals surface area contributed by atoms with Gasteiger partial charge in [-0.2, -0.15) is 0 Å². The average molecular weight is 312 g/mol. The number of likely N-dealkylation sites (tertiary alicyclic amines) is 1. The third-order valence-corrected chi connectivity index (χ3v) is 4.48. The molecule has 2 fully saturated rings. The van der Waals surface area contributed by atoms with Gasteiger partial charge in [-0.15, -0.1) is 0 Å². The molecule has 0 aromatic heterocycles. The van der Waals surface area contributed by atoms with Crippen LogP contribution in [0.15, 0.2) is 18.2 Å². The van der Waals surface area contributed by atoms with Crippen LogP contribution < -0.4 is 5.32 Å². The molecule has 1 aromatic carbocycles. The lowest BCUT2D eigenvalue weighted by Crippen LogP contribution is -2.31. The lowest BCUT2D eigenvalue weighted by molar-refractivity contribution is 0.0120. The first-order chi connectivity index (χ1) is 10.5. The second kappa shape index (κ2) is 5.91. The Balaban J connectivity index is 1.81. The normalized spacial score (nSPS) is 22.0. The highest BCUT2D eigenvalue weighted by Gasteiger charge is 2.40. The number of alkyl halides is 2. The van der Waals surface area contributed by atoms with Crippen LogP contribution in [0.5, 0.6) is 0 Å². The molecule has 0 saturated carbocycles. The van der Waals surface area contributed by atoms with E-state index in [1.807, 2.05) is 0 Å². The number of hydrogen-bond acceptors (Lipinski definition) is 2. The van der Waals surface area contributed by atoms with Crippen molar-refractivity contribution in [1.82, 2.24) is 10.2 Å². The minimum absolute atomic E-state index is 0.0475. The molecule has 2 saturated heterocycles. The molecule has 1 aromatic rings. The highest BCUT2D eigenvalue weighted by molar-refractivity contribution is 5.94. The van der Waals surface area contributed by atoms with E-state index in [1.54, 1.807) is 6.07 Å². The molecule has 6 heteroatoms. The minimum Gasteiger partial charge on any atom is -0.332 e. The first-order valence-electron chi connectivity index (χ1n) is 7.63.